The summed E-state index contributed by atoms with van der Waals surface area (Å²) in [7, 11) is 1.72. The zero-order valence-corrected chi connectivity index (χ0v) is 30.7. The van der Waals surface area contributed by atoms with Gasteiger partial charge in [0, 0.05) is 38.4 Å². The maximum atomic E-state index is 12.8. The second-order valence-electron chi connectivity index (χ2n) is 13.3. The minimum Gasteiger partial charge on any atom is -0.490 e. The van der Waals surface area contributed by atoms with Crippen molar-refractivity contribution < 1.29 is 47.9 Å². The van der Waals surface area contributed by atoms with Crippen molar-refractivity contribution in [3.05, 3.63) is 63.2 Å². The highest BCUT2D eigenvalue weighted by atomic mass is 35.5. The van der Waals surface area contributed by atoms with Crippen molar-refractivity contribution in [1.82, 2.24) is 5.32 Å². The Labute approximate surface area is 310 Å². The molecule has 2 aromatic rings. The van der Waals surface area contributed by atoms with Crippen LogP contribution in [0.5, 0.6) is 11.5 Å². The lowest BCUT2D eigenvalue weighted by Gasteiger charge is -2.40. The molecular formula is C37H52ClN3O11. The summed E-state index contributed by atoms with van der Waals surface area (Å²) in [6.07, 6.45) is 4.53. The number of benzene rings is 2. The van der Waals surface area contributed by atoms with Crippen molar-refractivity contribution in [2.24, 2.45) is 0 Å². The number of carbonyl (C=O) groups is 1. The summed E-state index contributed by atoms with van der Waals surface area (Å²) in [5.74, 6) is 1.66. The van der Waals surface area contributed by atoms with Crippen molar-refractivity contribution in [2.45, 2.75) is 94.9 Å². The van der Waals surface area contributed by atoms with Crippen molar-refractivity contribution in [3.8, 4) is 11.5 Å². The molecule has 0 spiro atoms. The third-order valence-corrected chi connectivity index (χ3v) is 9.69. The Morgan fingerprint density at radius 1 is 0.962 bits per heavy atom. The summed E-state index contributed by atoms with van der Waals surface area (Å²) in [6.45, 7) is 4.54. The number of nitrogens with one attached hydrogen (secondary N) is 1. The fourth-order valence-corrected chi connectivity index (χ4v) is 6.87. The molecule has 0 radical (unpaired) electrons. The third-order valence-electron chi connectivity index (χ3n) is 9.44. The van der Waals surface area contributed by atoms with E-state index in [-0.39, 0.29) is 31.5 Å². The first-order chi connectivity index (χ1) is 25.4. The number of nitrogens with zero attached hydrogens (tertiary/aromatic N) is 2. The van der Waals surface area contributed by atoms with Gasteiger partial charge in [0.15, 0.2) is 0 Å². The first kappa shape index (κ1) is 39.6. The number of rotatable bonds is 20. The predicted molar refractivity (Wildman–Crippen MR) is 193 cm³/mol. The van der Waals surface area contributed by atoms with Crippen LogP contribution in [0.2, 0.25) is 5.02 Å². The first-order valence-electron chi connectivity index (χ1n) is 18.4. The fourth-order valence-electron chi connectivity index (χ4n) is 6.74. The molecule has 14 nitrogen and oxygen atoms in total. The Morgan fingerprint density at radius 3 is 2.48 bits per heavy atom. The van der Waals surface area contributed by atoms with E-state index in [2.05, 4.69) is 21.1 Å². The smallest absolute Gasteiger partial charge is 0.490 e. The average molecular weight is 750 g/mol. The van der Waals surface area contributed by atoms with Gasteiger partial charge in [0.25, 0.3) is 5.09 Å². The van der Waals surface area contributed by atoms with E-state index in [0.29, 0.717) is 50.8 Å². The van der Waals surface area contributed by atoms with Crippen LogP contribution in [0.25, 0.3) is 0 Å². The summed E-state index contributed by atoms with van der Waals surface area (Å²) in [5.41, 5.74) is 2.05. The molecule has 3 atom stereocenters. The summed E-state index contributed by atoms with van der Waals surface area (Å²) >= 11 is 6.04. The number of unbranched alkanes of at least 4 members (excludes halogenated alkanes) is 3. The van der Waals surface area contributed by atoms with Crippen molar-refractivity contribution in [1.29, 1.82) is 0 Å². The maximum Gasteiger partial charge on any atom is 0.508 e. The quantitative estimate of drug-likeness (QED) is 0.0717. The minimum atomic E-state index is -0.795. The van der Waals surface area contributed by atoms with Gasteiger partial charge in [-0.2, -0.15) is 0 Å². The highest BCUT2D eigenvalue weighted by Gasteiger charge is 2.40. The van der Waals surface area contributed by atoms with Crippen LogP contribution >= 0.6 is 11.6 Å². The van der Waals surface area contributed by atoms with Gasteiger partial charge in [-0.1, -0.05) is 24.1 Å². The van der Waals surface area contributed by atoms with Crippen LogP contribution in [-0.2, 0) is 35.1 Å². The summed E-state index contributed by atoms with van der Waals surface area (Å²) in [4.78, 5) is 29.8. The normalized spacial score (nSPS) is 22.9. The average Bonchev–Trinajstić information content (AvgIpc) is 3.14. The van der Waals surface area contributed by atoms with Crippen LogP contribution in [0, 0.1) is 10.1 Å². The van der Waals surface area contributed by atoms with E-state index in [1.807, 2.05) is 36.4 Å². The van der Waals surface area contributed by atoms with Crippen LogP contribution in [0.3, 0.4) is 0 Å². The number of ether oxygens (including phenoxy) is 7. The Kier molecular flexibility index (Phi) is 16.2. The van der Waals surface area contributed by atoms with Gasteiger partial charge >= 0.3 is 6.16 Å². The van der Waals surface area contributed by atoms with Gasteiger partial charge in [-0.05, 0) is 93.3 Å². The van der Waals surface area contributed by atoms with Crippen LogP contribution < -0.4 is 19.7 Å². The molecule has 2 heterocycles. The van der Waals surface area contributed by atoms with E-state index in [1.165, 1.54) is 0 Å². The van der Waals surface area contributed by atoms with E-state index >= 15 is 0 Å². The van der Waals surface area contributed by atoms with Gasteiger partial charge in [-0.25, -0.2) is 4.79 Å². The Morgan fingerprint density at radius 2 is 1.71 bits per heavy atom. The number of methoxy groups -OCH3 is 1. The Hall–Kier alpha value is -3.56. The fraction of sp³-hybridized carbons (Fsp3) is 0.649. The molecular weight excluding hydrogens is 698 g/mol. The summed E-state index contributed by atoms with van der Waals surface area (Å²) in [5, 5.41) is 13.5. The molecule has 52 heavy (non-hydrogen) atoms. The Balaban J connectivity index is 1.17. The molecule has 0 bridgehead atoms. The highest BCUT2D eigenvalue weighted by Crippen LogP contribution is 2.34. The maximum absolute atomic E-state index is 12.8. The molecule has 5 rings (SSSR count). The molecule has 1 aliphatic carbocycles. The number of carbonyl (C=O) groups excluding carboxylic acids is 1. The molecule has 0 amide bonds. The zero-order chi connectivity index (χ0) is 36.5. The number of anilines is 1. The molecule has 2 aromatic carbocycles. The molecule has 3 unspecified atom stereocenters. The van der Waals surface area contributed by atoms with Crippen molar-refractivity contribution in [3.63, 3.8) is 0 Å². The molecule has 0 aromatic heterocycles. The van der Waals surface area contributed by atoms with E-state index in [1.54, 1.807) is 7.11 Å². The second-order valence-corrected chi connectivity index (χ2v) is 13.7. The third kappa shape index (κ3) is 12.8. The van der Waals surface area contributed by atoms with E-state index in [0.717, 1.165) is 80.8 Å². The van der Waals surface area contributed by atoms with Gasteiger partial charge in [0.1, 0.15) is 36.4 Å². The van der Waals surface area contributed by atoms with Crippen LogP contribution in [0.4, 0.5) is 10.5 Å². The number of fused-ring (bicyclic) bond motifs is 1. The number of piperidine rings is 1. The van der Waals surface area contributed by atoms with E-state index in [9.17, 15) is 14.9 Å². The molecule has 1 N–H and O–H groups in total. The summed E-state index contributed by atoms with van der Waals surface area (Å²) < 4.78 is 41.9. The SMILES string of the molecule is COCCCN1CCOc2ccc(COC3CNCC(OC(=O)OCCCCCCO[N+](=O)[O-])C3OC3CCC(Oc4ccc(Cl)cc4)CC3)cc21. The van der Waals surface area contributed by atoms with Crippen LogP contribution in [-0.4, -0.2) is 101 Å². The zero-order valence-electron chi connectivity index (χ0n) is 29.9. The lowest BCUT2D eigenvalue weighted by molar-refractivity contribution is -0.757. The molecule has 2 fully saturated rings. The van der Waals surface area contributed by atoms with Gasteiger partial charge in [0.2, 0.25) is 0 Å². The molecule has 3 aliphatic rings. The predicted octanol–water partition coefficient (Wildman–Crippen LogP) is 6.13. The molecule has 1 saturated carbocycles. The monoisotopic (exact) mass is 749 g/mol. The first-order valence-corrected chi connectivity index (χ1v) is 18.8. The molecule has 1 saturated heterocycles. The second kappa shape index (κ2) is 21.2. The number of hydrogen-bond acceptors (Lipinski definition) is 13. The van der Waals surface area contributed by atoms with Crippen LogP contribution in [0.1, 0.15) is 63.4 Å². The highest BCUT2D eigenvalue weighted by molar-refractivity contribution is 6.30. The van der Waals surface area contributed by atoms with Gasteiger partial charge in [-0.3, -0.25) is 0 Å². The largest absolute Gasteiger partial charge is 0.508 e. The van der Waals surface area contributed by atoms with Gasteiger partial charge in [-0.15, -0.1) is 10.1 Å². The Bertz CT molecular complexity index is 1380. The topological polar surface area (TPSA) is 149 Å². The van der Waals surface area contributed by atoms with Crippen molar-refractivity contribution in [2.75, 3.05) is 64.6 Å². The molecule has 15 heteroatoms. The number of halogens is 1. The van der Waals surface area contributed by atoms with Crippen LogP contribution in [0.15, 0.2) is 42.5 Å². The molecule has 288 valence electrons. The molecule has 2 aliphatic heterocycles. The van der Waals surface area contributed by atoms with E-state index in [4.69, 9.17) is 44.8 Å². The lowest BCUT2D eigenvalue weighted by atomic mass is 9.94. The van der Waals surface area contributed by atoms with Crippen molar-refractivity contribution >= 4 is 23.4 Å². The number of hydrogen-bond donors (Lipinski definition) is 1. The van der Waals surface area contributed by atoms with E-state index < -0.39 is 23.4 Å². The standard InChI is InChI=1S/C37H52ClN3O11/c1-45-19-6-17-40-18-22-46-33-16-7-27(23-32(33)40)26-48-34-24-39-25-35(52-37(42)47-20-4-2-3-5-21-49-41(43)44)36(34)51-31-14-12-30(13-15-31)50-29-10-8-28(38)9-11-29/h7-11,16,23,30-31,34-36,39H,2-6,12-15,17-22,24-26H2,1H3. The van der Waals surface area contributed by atoms with Gasteiger partial charge < -0.3 is 48.2 Å². The lowest BCUT2D eigenvalue weighted by Crippen LogP contribution is -2.58. The van der Waals surface area contributed by atoms with Gasteiger partial charge in [0.05, 0.1) is 44.3 Å². The summed E-state index contributed by atoms with van der Waals surface area (Å²) in [6, 6.07) is 13.5. The minimum absolute atomic E-state index is 0.0535.